The third-order valence-corrected chi connectivity index (χ3v) is 2.61. The molecule has 0 aliphatic rings. The van der Waals surface area contributed by atoms with Crippen molar-refractivity contribution in [2.24, 2.45) is 0 Å². The molecule has 0 radical (unpaired) electrons. The molecule has 3 amide bonds. The van der Waals surface area contributed by atoms with Crippen LogP contribution in [0.1, 0.15) is 10.4 Å². The molecular weight excluding hydrogens is 256 g/mol. The van der Waals surface area contributed by atoms with Gasteiger partial charge in [-0.15, -0.1) is 0 Å². The summed E-state index contributed by atoms with van der Waals surface area (Å²) in [5, 5.41) is 4.82. The van der Waals surface area contributed by atoms with Crippen molar-refractivity contribution in [3.05, 3.63) is 60.2 Å². The summed E-state index contributed by atoms with van der Waals surface area (Å²) in [7, 11) is 1.47. The summed E-state index contributed by atoms with van der Waals surface area (Å²) in [6.07, 6.45) is 0. The van der Waals surface area contributed by atoms with Crippen LogP contribution in [-0.4, -0.2) is 19.0 Å². The van der Waals surface area contributed by atoms with Gasteiger partial charge in [0.2, 0.25) is 0 Å². The lowest BCUT2D eigenvalue weighted by Crippen LogP contribution is -2.34. The molecule has 0 bridgehead atoms. The van der Waals surface area contributed by atoms with Crippen LogP contribution in [0.2, 0.25) is 0 Å². The Balaban J connectivity index is 2.02. The van der Waals surface area contributed by atoms with E-state index in [2.05, 4.69) is 10.6 Å². The van der Waals surface area contributed by atoms with Crippen molar-refractivity contribution in [1.29, 1.82) is 0 Å². The molecule has 0 aliphatic carbocycles. The Kier molecular flexibility index (Phi) is 4.34. The standard InChI is InChI=1S/C15H14N2O3/c1-20-13-10-6-5-9-12(13)14(18)17-15(19)16-11-7-3-2-4-8-11/h2-10H,1H3,(H2,16,17,18,19). The Morgan fingerprint density at radius 2 is 1.60 bits per heavy atom. The monoisotopic (exact) mass is 270 g/mol. The summed E-state index contributed by atoms with van der Waals surface area (Å²) in [5.74, 6) is -0.103. The van der Waals surface area contributed by atoms with E-state index in [9.17, 15) is 9.59 Å². The van der Waals surface area contributed by atoms with E-state index in [0.29, 0.717) is 17.0 Å². The molecule has 0 unspecified atom stereocenters. The minimum absolute atomic E-state index is 0.304. The highest BCUT2D eigenvalue weighted by Crippen LogP contribution is 2.16. The van der Waals surface area contributed by atoms with Gasteiger partial charge in [-0.2, -0.15) is 0 Å². The molecule has 0 fully saturated rings. The predicted octanol–water partition coefficient (Wildman–Crippen LogP) is 2.66. The molecule has 0 heterocycles. The van der Waals surface area contributed by atoms with E-state index in [0.717, 1.165) is 0 Å². The number of carbonyl (C=O) groups excluding carboxylic acids is 2. The fraction of sp³-hybridized carbons (Fsp3) is 0.0667. The minimum atomic E-state index is -0.591. The molecule has 0 spiro atoms. The predicted molar refractivity (Wildman–Crippen MR) is 75.9 cm³/mol. The molecule has 0 aliphatic heterocycles. The molecule has 2 aromatic rings. The number of benzene rings is 2. The third kappa shape index (κ3) is 3.35. The Labute approximate surface area is 116 Å². The lowest BCUT2D eigenvalue weighted by Gasteiger charge is -2.09. The van der Waals surface area contributed by atoms with Crippen LogP contribution in [0.25, 0.3) is 0 Å². The maximum Gasteiger partial charge on any atom is 0.326 e. The van der Waals surface area contributed by atoms with Crippen LogP contribution < -0.4 is 15.4 Å². The second-order valence-corrected chi connectivity index (χ2v) is 3.97. The number of carbonyl (C=O) groups is 2. The van der Waals surface area contributed by atoms with Crippen LogP contribution in [0.5, 0.6) is 5.75 Å². The molecule has 20 heavy (non-hydrogen) atoms. The SMILES string of the molecule is COc1ccccc1C(=O)NC(=O)Nc1ccccc1. The van der Waals surface area contributed by atoms with Gasteiger partial charge in [0.15, 0.2) is 0 Å². The van der Waals surface area contributed by atoms with Gasteiger partial charge in [0.25, 0.3) is 5.91 Å². The smallest absolute Gasteiger partial charge is 0.326 e. The average molecular weight is 270 g/mol. The van der Waals surface area contributed by atoms with Crippen LogP contribution >= 0.6 is 0 Å². The van der Waals surface area contributed by atoms with E-state index in [-0.39, 0.29) is 0 Å². The fourth-order valence-corrected chi connectivity index (χ4v) is 1.69. The lowest BCUT2D eigenvalue weighted by molar-refractivity contribution is 0.0964. The summed E-state index contributed by atoms with van der Waals surface area (Å²) in [6, 6.07) is 15.0. The van der Waals surface area contributed by atoms with Crippen LogP contribution in [0, 0.1) is 0 Å². The molecule has 2 N–H and O–H groups in total. The van der Waals surface area contributed by atoms with Crippen LogP contribution in [0.3, 0.4) is 0 Å². The first-order chi connectivity index (χ1) is 9.70. The topological polar surface area (TPSA) is 67.4 Å². The van der Waals surface area contributed by atoms with Crippen molar-refractivity contribution >= 4 is 17.6 Å². The second-order valence-electron chi connectivity index (χ2n) is 3.97. The number of urea groups is 1. The van der Waals surface area contributed by atoms with Gasteiger partial charge in [0.05, 0.1) is 12.7 Å². The Bertz CT molecular complexity index is 612. The molecule has 0 atom stereocenters. The van der Waals surface area contributed by atoms with Gasteiger partial charge in [-0.05, 0) is 24.3 Å². The van der Waals surface area contributed by atoms with E-state index in [4.69, 9.17) is 4.74 Å². The molecule has 102 valence electrons. The Morgan fingerprint density at radius 1 is 0.950 bits per heavy atom. The summed E-state index contributed by atoms with van der Waals surface area (Å²) < 4.78 is 5.07. The number of amides is 3. The zero-order chi connectivity index (χ0) is 14.4. The Hall–Kier alpha value is -2.82. The summed E-state index contributed by atoms with van der Waals surface area (Å²) in [5.41, 5.74) is 0.913. The summed E-state index contributed by atoms with van der Waals surface area (Å²) >= 11 is 0. The average Bonchev–Trinajstić information content (AvgIpc) is 2.48. The summed E-state index contributed by atoms with van der Waals surface area (Å²) in [4.78, 5) is 23.7. The van der Waals surface area contributed by atoms with Crippen molar-refractivity contribution < 1.29 is 14.3 Å². The zero-order valence-corrected chi connectivity index (χ0v) is 10.9. The van der Waals surface area contributed by atoms with Crippen molar-refractivity contribution in [1.82, 2.24) is 5.32 Å². The fourth-order valence-electron chi connectivity index (χ4n) is 1.69. The molecular formula is C15H14N2O3. The Morgan fingerprint density at radius 3 is 2.30 bits per heavy atom. The minimum Gasteiger partial charge on any atom is -0.496 e. The normalized spacial score (nSPS) is 9.65. The van der Waals surface area contributed by atoms with Gasteiger partial charge >= 0.3 is 6.03 Å². The van der Waals surface area contributed by atoms with E-state index in [1.54, 1.807) is 48.5 Å². The number of anilines is 1. The molecule has 5 nitrogen and oxygen atoms in total. The molecule has 0 saturated heterocycles. The molecule has 2 aromatic carbocycles. The van der Waals surface area contributed by atoms with Crippen LogP contribution in [-0.2, 0) is 0 Å². The largest absolute Gasteiger partial charge is 0.496 e. The highest BCUT2D eigenvalue weighted by atomic mass is 16.5. The first kappa shape index (κ1) is 13.6. The van der Waals surface area contributed by atoms with E-state index in [1.165, 1.54) is 7.11 Å². The number of rotatable bonds is 3. The number of hydrogen-bond acceptors (Lipinski definition) is 3. The lowest BCUT2D eigenvalue weighted by atomic mass is 10.2. The van der Waals surface area contributed by atoms with Crippen LogP contribution in [0.15, 0.2) is 54.6 Å². The van der Waals surface area contributed by atoms with Gasteiger partial charge in [0.1, 0.15) is 5.75 Å². The van der Waals surface area contributed by atoms with Gasteiger partial charge in [-0.1, -0.05) is 30.3 Å². The quantitative estimate of drug-likeness (QED) is 0.901. The zero-order valence-electron chi connectivity index (χ0n) is 10.9. The number of ether oxygens (including phenoxy) is 1. The van der Waals surface area contributed by atoms with E-state index < -0.39 is 11.9 Å². The van der Waals surface area contributed by atoms with Gasteiger partial charge in [-0.25, -0.2) is 4.79 Å². The number of hydrogen-bond donors (Lipinski definition) is 2. The van der Waals surface area contributed by atoms with Gasteiger partial charge < -0.3 is 10.1 Å². The van der Waals surface area contributed by atoms with Crippen molar-refractivity contribution in [2.75, 3.05) is 12.4 Å². The molecule has 5 heteroatoms. The first-order valence-corrected chi connectivity index (χ1v) is 6.01. The molecule has 0 saturated carbocycles. The highest BCUT2D eigenvalue weighted by Gasteiger charge is 2.14. The van der Waals surface area contributed by atoms with Crippen LogP contribution in [0.4, 0.5) is 10.5 Å². The van der Waals surface area contributed by atoms with Gasteiger partial charge in [0, 0.05) is 5.69 Å². The third-order valence-electron chi connectivity index (χ3n) is 2.61. The highest BCUT2D eigenvalue weighted by molar-refractivity contribution is 6.09. The van der Waals surface area contributed by atoms with E-state index in [1.807, 2.05) is 6.07 Å². The molecule has 0 aromatic heterocycles. The van der Waals surface area contributed by atoms with Crippen molar-refractivity contribution in [3.8, 4) is 5.75 Å². The number of imide groups is 1. The van der Waals surface area contributed by atoms with Gasteiger partial charge in [-0.3, -0.25) is 10.1 Å². The second kappa shape index (κ2) is 6.38. The molecule has 2 rings (SSSR count). The first-order valence-electron chi connectivity index (χ1n) is 6.01. The maximum absolute atomic E-state index is 12.0. The van der Waals surface area contributed by atoms with E-state index >= 15 is 0 Å². The number of para-hydroxylation sites is 2. The number of nitrogens with one attached hydrogen (secondary N) is 2. The van der Waals surface area contributed by atoms with Crippen molar-refractivity contribution in [3.63, 3.8) is 0 Å². The number of methoxy groups -OCH3 is 1. The maximum atomic E-state index is 12.0. The van der Waals surface area contributed by atoms with Crippen molar-refractivity contribution in [2.45, 2.75) is 0 Å². The summed E-state index contributed by atoms with van der Waals surface area (Å²) in [6.45, 7) is 0.